The molecule has 0 saturated heterocycles. The van der Waals surface area contributed by atoms with E-state index in [1.54, 1.807) is 22.3 Å². The van der Waals surface area contributed by atoms with Gasteiger partial charge in [-0.25, -0.2) is 4.98 Å². The Morgan fingerprint density at radius 2 is 1.04 bits per heavy atom. The quantitative estimate of drug-likeness (QED) is 0.172. The first-order valence-corrected chi connectivity index (χ1v) is 20.0. The van der Waals surface area contributed by atoms with Gasteiger partial charge in [-0.2, -0.15) is 0 Å². The number of hydrogen-bond acceptors (Lipinski definition) is 2. The van der Waals surface area contributed by atoms with Gasteiger partial charge >= 0.3 is 0 Å². The number of fused-ring (bicyclic) bond motifs is 6. The van der Waals surface area contributed by atoms with Crippen molar-refractivity contribution in [2.45, 2.75) is 70.6 Å². The number of rotatable bonds is 6. The van der Waals surface area contributed by atoms with Crippen LogP contribution < -0.4 is 4.90 Å². The molecule has 54 heavy (non-hydrogen) atoms. The van der Waals surface area contributed by atoms with Gasteiger partial charge in [-0.15, -0.1) is 0 Å². The van der Waals surface area contributed by atoms with Crippen LogP contribution in [0.2, 0.25) is 0 Å². The Kier molecular flexibility index (Phi) is 8.09. The van der Waals surface area contributed by atoms with Gasteiger partial charge in [0.25, 0.3) is 0 Å². The molecule has 0 unspecified atom stereocenters. The van der Waals surface area contributed by atoms with Crippen LogP contribution in [0.15, 0.2) is 146 Å². The van der Waals surface area contributed by atoms with Crippen LogP contribution in [0.1, 0.15) is 72.9 Å². The lowest BCUT2D eigenvalue weighted by Gasteiger charge is -2.33. The molecule has 0 amide bonds. The van der Waals surface area contributed by atoms with Gasteiger partial charge in [-0.1, -0.05) is 129 Å². The molecule has 3 aliphatic carbocycles. The second kappa shape index (κ2) is 13.3. The highest BCUT2D eigenvalue weighted by Crippen LogP contribution is 2.57. The summed E-state index contributed by atoms with van der Waals surface area (Å²) in [4.78, 5) is 7.84. The van der Waals surface area contributed by atoms with E-state index in [-0.39, 0.29) is 5.41 Å². The lowest BCUT2D eigenvalue weighted by atomic mass is 9.75. The third-order valence-corrected chi connectivity index (χ3v) is 12.4. The molecule has 0 bridgehead atoms. The number of anilines is 3. The van der Waals surface area contributed by atoms with Crippen molar-refractivity contribution in [2.24, 2.45) is 0 Å². The van der Waals surface area contributed by atoms with E-state index in [4.69, 9.17) is 4.98 Å². The van der Waals surface area contributed by atoms with Crippen molar-refractivity contribution < 1.29 is 0 Å². The largest absolute Gasteiger partial charge is 0.310 e. The number of aromatic nitrogens is 1. The average Bonchev–Trinajstić information content (AvgIpc) is 3.47. The van der Waals surface area contributed by atoms with E-state index >= 15 is 0 Å². The van der Waals surface area contributed by atoms with E-state index in [9.17, 15) is 0 Å². The van der Waals surface area contributed by atoms with Gasteiger partial charge < -0.3 is 4.90 Å². The highest BCUT2D eigenvalue weighted by Gasteiger charge is 2.39. The second-order valence-electron chi connectivity index (χ2n) is 16.0. The molecular weight excluding hydrogens is 653 g/mol. The van der Waals surface area contributed by atoms with Crippen LogP contribution in [0.5, 0.6) is 0 Å². The maximum Gasteiger partial charge on any atom is 0.0730 e. The van der Waals surface area contributed by atoms with E-state index in [0.717, 1.165) is 40.3 Å². The van der Waals surface area contributed by atoms with E-state index in [1.807, 2.05) is 0 Å². The Morgan fingerprint density at radius 1 is 0.463 bits per heavy atom. The molecular formula is C52H46N2. The van der Waals surface area contributed by atoms with Crippen molar-refractivity contribution in [3.8, 4) is 44.8 Å². The third-order valence-electron chi connectivity index (χ3n) is 12.4. The molecule has 264 valence electrons. The molecule has 1 aromatic heterocycles. The molecule has 2 heteroatoms. The van der Waals surface area contributed by atoms with Crippen molar-refractivity contribution in [1.29, 1.82) is 0 Å². The third kappa shape index (κ3) is 5.42. The highest BCUT2D eigenvalue weighted by atomic mass is 15.1. The maximum absolute atomic E-state index is 5.31. The molecule has 0 aliphatic heterocycles. The molecule has 7 aromatic rings. The zero-order chi connectivity index (χ0) is 36.2. The number of hydrogen-bond donors (Lipinski definition) is 0. The molecule has 1 heterocycles. The summed E-state index contributed by atoms with van der Waals surface area (Å²) in [5, 5.41) is 0. The van der Waals surface area contributed by atoms with Crippen molar-refractivity contribution >= 4 is 17.1 Å². The topological polar surface area (TPSA) is 16.1 Å². The summed E-state index contributed by atoms with van der Waals surface area (Å²) in [6.07, 6.45) is 9.87. The first-order valence-electron chi connectivity index (χ1n) is 20.0. The van der Waals surface area contributed by atoms with Crippen LogP contribution >= 0.6 is 0 Å². The monoisotopic (exact) mass is 698 g/mol. The molecule has 3 aliphatic rings. The summed E-state index contributed by atoms with van der Waals surface area (Å²) < 4.78 is 0. The number of pyridine rings is 1. The lowest BCUT2D eigenvalue weighted by Crippen LogP contribution is -2.18. The van der Waals surface area contributed by atoms with Crippen molar-refractivity contribution in [3.63, 3.8) is 0 Å². The zero-order valence-electron chi connectivity index (χ0n) is 31.4. The fourth-order valence-electron chi connectivity index (χ4n) is 9.86. The molecule has 0 N–H and O–H groups in total. The maximum atomic E-state index is 5.31. The zero-order valence-corrected chi connectivity index (χ0v) is 31.4. The predicted molar refractivity (Wildman–Crippen MR) is 226 cm³/mol. The van der Waals surface area contributed by atoms with Crippen LogP contribution in [-0.4, -0.2) is 4.98 Å². The summed E-state index contributed by atoms with van der Waals surface area (Å²) in [7, 11) is 0. The summed E-state index contributed by atoms with van der Waals surface area (Å²) >= 11 is 0. The first-order chi connectivity index (χ1) is 26.6. The molecule has 0 saturated carbocycles. The van der Waals surface area contributed by atoms with Gasteiger partial charge in [-0.05, 0) is 132 Å². The van der Waals surface area contributed by atoms with Crippen molar-refractivity contribution in [1.82, 2.24) is 4.98 Å². The van der Waals surface area contributed by atoms with Crippen LogP contribution in [0.4, 0.5) is 17.1 Å². The Labute approximate surface area is 320 Å². The SMILES string of the molecule is CC1(C)c2ccccc2-c2c1ccc(N(c1ccccc1)c1cc(-c3ccccc3)nc(-c3ccccc3)c1)c2-c1cc2c(c3c1CCCC3)CCCC2. The minimum atomic E-state index is -0.108. The highest BCUT2D eigenvalue weighted by molar-refractivity contribution is 6.02. The van der Waals surface area contributed by atoms with E-state index in [0.29, 0.717) is 0 Å². The van der Waals surface area contributed by atoms with E-state index in [1.165, 1.54) is 84.0 Å². The van der Waals surface area contributed by atoms with Gasteiger partial charge in [0.2, 0.25) is 0 Å². The minimum absolute atomic E-state index is 0.108. The van der Waals surface area contributed by atoms with Gasteiger partial charge in [0, 0.05) is 27.8 Å². The second-order valence-corrected chi connectivity index (χ2v) is 16.0. The number of para-hydroxylation sites is 1. The smallest absolute Gasteiger partial charge is 0.0730 e. The van der Waals surface area contributed by atoms with Gasteiger partial charge in [0.15, 0.2) is 0 Å². The predicted octanol–water partition coefficient (Wildman–Crippen LogP) is 13.6. The lowest BCUT2D eigenvalue weighted by molar-refractivity contribution is 0.641. The molecule has 10 rings (SSSR count). The molecule has 2 nitrogen and oxygen atoms in total. The van der Waals surface area contributed by atoms with Gasteiger partial charge in [0.05, 0.1) is 22.8 Å². The van der Waals surface area contributed by atoms with Crippen LogP contribution in [0.25, 0.3) is 44.8 Å². The summed E-state index contributed by atoms with van der Waals surface area (Å²) in [5.74, 6) is 0. The van der Waals surface area contributed by atoms with Crippen LogP contribution in [-0.2, 0) is 31.1 Å². The van der Waals surface area contributed by atoms with Crippen LogP contribution in [0, 0.1) is 0 Å². The Bertz CT molecular complexity index is 2460. The normalized spacial score (nSPS) is 15.1. The van der Waals surface area contributed by atoms with Crippen molar-refractivity contribution in [3.05, 3.63) is 179 Å². The van der Waals surface area contributed by atoms with E-state index < -0.39 is 0 Å². The summed E-state index contributed by atoms with van der Waals surface area (Å²) in [5.41, 5.74) is 22.4. The number of nitrogens with zero attached hydrogens (tertiary/aromatic N) is 2. The van der Waals surface area contributed by atoms with Gasteiger partial charge in [-0.3, -0.25) is 0 Å². The van der Waals surface area contributed by atoms with Crippen LogP contribution in [0.3, 0.4) is 0 Å². The molecule has 0 fully saturated rings. The fourth-order valence-corrected chi connectivity index (χ4v) is 9.86. The summed E-state index contributed by atoms with van der Waals surface area (Å²) in [6.45, 7) is 4.83. The minimum Gasteiger partial charge on any atom is -0.310 e. The molecule has 0 spiro atoms. The first kappa shape index (κ1) is 32.9. The Balaban J connectivity index is 1.32. The average molecular weight is 699 g/mol. The number of benzene rings is 6. The Hall–Kier alpha value is -5.73. The van der Waals surface area contributed by atoms with E-state index in [2.05, 4.69) is 164 Å². The standard InChI is InChI=1S/C52H46N2/c1-52(2)45-29-17-16-28-43(45)50-46(52)30-31-49(51(50)44-32-37-22-12-13-25-40(37)41-26-14-15-27-42(41)44)54(38-23-10-5-11-24-38)39-33-47(35-18-6-3-7-19-35)53-48(34-39)36-20-8-4-9-21-36/h3-11,16-21,23-24,28-34H,12-15,22,25-27H2,1-2H3. The fraction of sp³-hybridized carbons (Fsp3) is 0.212. The number of aryl methyl sites for hydroxylation is 1. The summed E-state index contributed by atoms with van der Waals surface area (Å²) in [6, 6.07) is 53.6. The van der Waals surface area contributed by atoms with Crippen molar-refractivity contribution in [2.75, 3.05) is 4.90 Å². The molecule has 0 radical (unpaired) electrons. The molecule has 0 atom stereocenters. The molecule has 6 aromatic carbocycles. The Morgan fingerprint density at radius 3 is 1.72 bits per heavy atom. The van der Waals surface area contributed by atoms with Gasteiger partial charge in [0.1, 0.15) is 0 Å².